The molecule has 1 amide bonds. The zero-order chi connectivity index (χ0) is 13.0. The highest BCUT2D eigenvalue weighted by molar-refractivity contribution is 6.42. The van der Waals surface area contributed by atoms with E-state index in [9.17, 15) is 9.59 Å². The quantitative estimate of drug-likeness (QED) is 0.651. The van der Waals surface area contributed by atoms with Crippen LogP contribution in [-0.4, -0.2) is 16.7 Å². The van der Waals surface area contributed by atoms with Crippen molar-refractivity contribution in [1.29, 1.82) is 0 Å². The molecule has 18 heavy (non-hydrogen) atoms. The highest BCUT2D eigenvalue weighted by Crippen LogP contribution is 2.20. The van der Waals surface area contributed by atoms with E-state index in [-0.39, 0.29) is 5.56 Å². The van der Waals surface area contributed by atoms with Crippen LogP contribution in [0.4, 0.5) is 0 Å². The number of primary amides is 1. The third-order valence-corrected chi connectivity index (χ3v) is 2.18. The molecule has 1 aromatic heterocycles. The first-order chi connectivity index (χ1) is 8.66. The molecular formula is C13H10N2O3. The van der Waals surface area contributed by atoms with Crippen LogP contribution in [0.25, 0.3) is 0 Å². The van der Waals surface area contributed by atoms with Gasteiger partial charge in [-0.3, -0.25) is 9.59 Å². The number of pyridine rings is 1. The summed E-state index contributed by atoms with van der Waals surface area (Å²) in [5.74, 6) is -0.923. The van der Waals surface area contributed by atoms with Crippen LogP contribution < -0.4 is 10.5 Å². The number of aromatic nitrogens is 1. The average Bonchev–Trinajstić information content (AvgIpc) is 2.39. The van der Waals surface area contributed by atoms with Gasteiger partial charge in [-0.1, -0.05) is 18.2 Å². The zero-order valence-electron chi connectivity index (χ0n) is 9.37. The third-order valence-electron chi connectivity index (χ3n) is 2.18. The van der Waals surface area contributed by atoms with Crippen LogP contribution in [-0.2, 0) is 4.79 Å². The van der Waals surface area contributed by atoms with Crippen LogP contribution in [0.15, 0.2) is 48.7 Å². The summed E-state index contributed by atoms with van der Waals surface area (Å²) in [6, 6.07) is 11.4. The van der Waals surface area contributed by atoms with Crippen molar-refractivity contribution in [3.05, 3.63) is 54.2 Å². The fourth-order valence-corrected chi connectivity index (χ4v) is 1.37. The number of ketones is 1. The van der Waals surface area contributed by atoms with Crippen molar-refractivity contribution >= 4 is 11.7 Å². The van der Waals surface area contributed by atoms with E-state index in [1.165, 1.54) is 12.1 Å². The Balaban J connectivity index is 2.23. The summed E-state index contributed by atoms with van der Waals surface area (Å²) in [5, 5.41) is 0. The summed E-state index contributed by atoms with van der Waals surface area (Å²) in [6.07, 6.45) is 1.59. The van der Waals surface area contributed by atoms with Crippen molar-refractivity contribution in [2.75, 3.05) is 0 Å². The largest absolute Gasteiger partial charge is 0.439 e. The van der Waals surface area contributed by atoms with E-state index in [0.717, 1.165) is 0 Å². The average molecular weight is 242 g/mol. The number of carbonyl (C=O) groups excluding carboxylic acids is 2. The van der Waals surface area contributed by atoms with Gasteiger partial charge in [0.25, 0.3) is 5.91 Å². The molecule has 0 spiro atoms. The summed E-state index contributed by atoms with van der Waals surface area (Å²) in [7, 11) is 0. The van der Waals surface area contributed by atoms with E-state index in [0.29, 0.717) is 11.6 Å². The summed E-state index contributed by atoms with van der Waals surface area (Å²) < 4.78 is 5.43. The van der Waals surface area contributed by atoms with Gasteiger partial charge < -0.3 is 10.5 Å². The van der Waals surface area contributed by atoms with Crippen LogP contribution >= 0.6 is 0 Å². The molecule has 0 saturated carbocycles. The maximum absolute atomic E-state index is 11.4. The number of hydrogen-bond acceptors (Lipinski definition) is 4. The molecule has 5 heteroatoms. The molecule has 2 aromatic rings. The molecule has 0 bridgehead atoms. The van der Waals surface area contributed by atoms with Gasteiger partial charge >= 0.3 is 0 Å². The normalized spacial score (nSPS) is 9.78. The van der Waals surface area contributed by atoms with E-state index in [1.54, 1.807) is 36.5 Å². The van der Waals surface area contributed by atoms with Gasteiger partial charge in [0.05, 0.1) is 0 Å². The summed E-state index contributed by atoms with van der Waals surface area (Å²) in [5.41, 5.74) is 5.12. The second-order valence-electron chi connectivity index (χ2n) is 3.49. The fraction of sp³-hybridized carbons (Fsp3) is 0. The highest BCUT2D eigenvalue weighted by atomic mass is 16.5. The molecule has 90 valence electrons. The minimum Gasteiger partial charge on any atom is -0.439 e. The number of hydrogen-bond donors (Lipinski definition) is 1. The lowest BCUT2D eigenvalue weighted by atomic mass is 10.1. The van der Waals surface area contributed by atoms with E-state index < -0.39 is 11.7 Å². The summed E-state index contributed by atoms with van der Waals surface area (Å²) >= 11 is 0. The second kappa shape index (κ2) is 5.09. The van der Waals surface area contributed by atoms with Crippen LogP contribution in [0.1, 0.15) is 10.4 Å². The Morgan fingerprint density at radius 2 is 1.94 bits per heavy atom. The zero-order valence-corrected chi connectivity index (χ0v) is 9.37. The van der Waals surface area contributed by atoms with Crippen molar-refractivity contribution in [2.45, 2.75) is 0 Å². The van der Waals surface area contributed by atoms with Gasteiger partial charge in [-0.25, -0.2) is 4.98 Å². The number of ether oxygens (including phenoxy) is 1. The first kappa shape index (κ1) is 11.8. The standard InChI is InChI=1S/C13H10N2O3/c14-13(17)12(16)9-4-3-5-10(8-9)18-11-6-1-2-7-15-11/h1-8H,(H2,14,17). The van der Waals surface area contributed by atoms with Gasteiger partial charge in [-0.2, -0.15) is 0 Å². The van der Waals surface area contributed by atoms with Crippen molar-refractivity contribution in [2.24, 2.45) is 5.73 Å². The molecule has 0 aliphatic carbocycles. The van der Waals surface area contributed by atoms with Gasteiger partial charge in [-0.05, 0) is 18.2 Å². The van der Waals surface area contributed by atoms with Crippen LogP contribution in [0.5, 0.6) is 11.6 Å². The van der Waals surface area contributed by atoms with Crippen molar-refractivity contribution < 1.29 is 14.3 Å². The van der Waals surface area contributed by atoms with E-state index in [4.69, 9.17) is 10.5 Å². The highest BCUT2D eigenvalue weighted by Gasteiger charge is 2.12. The number of Topliss-reactive ketones (excluding diaryl/α,β-unsaturated/α-hetero) is 1. The number of nitrogens with zero attached hydrogens (tertiary/aromatic N) is 1. The molecule has 5 nitrogen and oxygen atoms in total. The Morgan fingerprint density at radius 1 is 1.11 bits per heavy atom. The van der Waals surface area contributed by atoms with Crippen molar-refractivity contribution in [3.63, 3.8) is 0 Å². The fourth-order valence-electron chi connectivity index (χ4n) is 1.37. The molecule has 0 aliphatic rings. The van der Waals surface area contributed by atoms with Crippen LogP contribution in [0.2, 0.25) is 0 Å². The lowest BCUT2D eigenvalue weighted by molar-refractivity contribution is -0.114. The van der Waals surface area contributed by atoms with Gasteiger partial charge in [0, 0.05) is 17.8 Å². The Kier molecular flexibility index (Phi) is 3.33. The smallest absolute Gasteiger partial charge is 0.289 e. The molecule has 2 N–H and O–H groups in total. The molecule has 0 aliphatic heterocycles. The van der Waals surface area contributed by atoms with Crippen LogP contribution in [0, 0.1) is 0 Å². The predicted octanol–water partition coefficient (Wildman–Crippen LogP) is 1.54. The first-order valence-electron chi connectivity index (χ1n) is 5.20. The van der Waals surface area contributed by atoms with Gasteiger partial charge in [0.2, 0.25) is 11.7 Å². The van der Waals surface area contributed by atoms with Gasteiger partial charge in [0.15, 0.2) is 0 Å². The van der Waals surface area contributed by atoms with E-state index >= 15 is 0 Å². The molecule has 0 fully saturated rings. The summed E-state index contributed by atoms with van der Waals surface area (Å²) in [6.45, 7) is 0. The van der Waals surface area contributed by atoms with Crippen LogP contribution in [0.3, 0.4) is 0 Å². The van der Waals surface area contributed by atoms with Crippen molar-refractivity contribution in [1.82, 2.24) is 4.98 Å². The minimum absolute atomic E-state index is 0.191. The minimum atomic E-state index is -0.995. The topological polar surface area (TPSA) is 82.3 Å². The molecule has 0 saturated heterocycles. The summed E-state index contributed by atoms with van der Waals surface area (Å²) in [4.78, 5) is 26.2. The third kappa shape index (κ3) is 2.70. The Morgan fingerprint density at radius 3 is 2.61 bits per heavy atom. The van der Waals surface area contributed by atoms with Gasteiger partial charge in [0.1, 0.15) is 5.75 Å². The lowest BCUT2D eigenvalue weighted by Crippen LogP contribution is -2.22. The molecule has 0 atom stereocenters. The van der Waals surface area contributed by atoms with Crippen molar-refractivity contribution in [3.8, 4) is 11.6 Å². The lowest BCUT2D eigenvalue weighted by Gasteiger charge is -2.05. The number of carbonyl (C=O) groups is 2. The molecule has 0 unspecified atom stereocenters. The number of nitrogens with two attached hydrogens (primary N) is 1. The Labute approximate surface area is 103 Å². The number of amides is 1. The number of benzene rings is 1. The van der Waals surface area contributed by atoms with E-state index in [2.05, 4.69) is 4.98 Å². The molecule has 1 heterocycles. The monoisotopic (exact) mass is 242 g/mol. The molecule has 2 rings (SSSR count). The maximum Gasteiger partial charge on any atom is 0.289 e. The Bertz CT molecular complexity index is 582. The Hall–Kier alpha value is -2.69. The van der Waals surface area contributed by atoms with Gasteiger partial charge in [-0.15, -0.1) is 0 Å². The van der Waals surface area contributed by atoms with E-state index in [1.807, 2.05) is 0 Å². The SMILES string of the molecule is NC(=O)C(=O)c1cccc(Oc2ccccn2)c1. The molecular weight excluding hydrogens is 232 g/mol. The maximum atomic E-state index is 11.4. The molecule has 1 aromatic carbocycles. The predicted molar refractivity (Wildman–Crippen MR) is 64.3 cm³/mol. The molecule has 0 radical (unpaired) electrons. The first-order valence-corrected chi connectivity index (χ1v) is 5.20. The second-order valence-corrected chi connectivity index (χ2v) is 3.49. The number of rotatable bonds is 4.